The summed E-state index contributed by atoms with van der Waals surface area (Å²) in [6.07, 6.45) is 5.62. The molecule has 0 spiro atoms. The van der Waals surface area contributed by atoms with E-state index in [1.807, 2.05) is 66.3 Å². The zero-order chi connectivity index (χ0) is 20.5. The topological polar surface area (TPSA) is 78.8 Å². The van der Waals surface area contributed by atoms with Gasteiger partial charge in [-0.1, -0.05) is 12.1 Å². The molecule has 0 radical (unpaired) electrons. The first kappa shape index (κ1) is 18.6. The largest absolute Gasteiger partial charge is 0.338 e. The first-order valence-electron chi connectivity index (χ1n) is 10.2. The molecule has 7 nitrogen and oxygen atoms in total. The average molecular weight is 400 g/mol. The van der Waals surface area contributed by atoms with Crippen LogP contribution in [0.5, 0.6) is 0 Å². The maximum atomic E-state index is 12.9. The highest BCUT2D eigenvalue weighted by atomic mass is 16.2. The number of H-pyrrole nitrogens is 1. The molecule has 2 N–H and O–H groups in total. The van der Waals surface area contributed by atoms with Crippen molar-refractivity contribution in [2.45, 2.75) is 25.4 Å². The molecule has 3 heterocycles. The van der Waals surface area contributed by atoms with Crippen LogP contribution in [-0.2, 0) is 18.4 Å². The molecular weight excluding hydrogens is 376 g/mol. The van der Waals surface area contributed by atoms with Crippen molar-refractivity contribution in [1.29, 1.82) is 0 Å². The van der Waals surface area contributed by atoms with Gasteiger partial charge in [0.25, 0.3) is 0 Å². The van der Waals surface area contributed by atoms with Crippen molar-refractivity contribution in [2.24, 2.45) is 7.05 Å². The molecule has 2 aromatic heterocycles. The number of likely N-dealkylation sites (tertiary alicyclic amines) is 1. The number of hydrogen-bond acceptors (Lipinski definition) is 4. The van der Waals surface area contributed by atoms with E-state index < -0.39 is 0 Å². The van der Waals surface area contributed by atoms with E-state index >= 15 is 0 Å². The van der Waals surface area contributed by atoms with Crippen LogP contribution in [0.4, 0.5) is 5.69 Å². The fraction of sp³-hybridized carbons (Fsp3) is 0.261. The normalized spacial score (nSPS) is 16.9. The van der Waals surface area contributed by atoms with Crippen LogP contribution in [0.3, 0.4) is 0 Å². The third kappa shape index (κ3) is 3.59. The summed E-state index contributed by atoms with van der Waals surface area (Å²) in [5.41, 5.74) is 3.74. The Morgan fingerprint density at radius 3 is 2.80 bits per heavy atom. The minimum Gasteiger partial charge on any atom is -0.338 e. The monoisotopic (exact) mass is 400 g/mol. The summed E-state index contributed by atoms with van der Waals surface area (Å²) in [5.74, 6) is 1.84. The zero-order valence-corrected chi connectivity index (χ0v) is 16.9. The Balaban J connectivity index is 1.27. The Kier molecular flexibility index (Phi) is 4.80. The van der Waals surface area contributed by atoms with Gasteiger partial charge >= 0.3 is 0 Å². The molecule has 0 saturated carbocycles. The highest BCUT2D eigenvalue weighted by Crippen LogP contribution is 2.24. The number of nitrogens with one attached hydrogen (secondary N) is 2. The second kappa shape index (κ2) is 7.76. The van der Waals surface area contributed by atoms with Crippen LogP contribution in [0, 0.1) is 0 Å². The molecule has 1 fully saturated rings. The Labute approximate surface area is 174 Å². The Morgan fingerprint density at radius 1 is 1.20 bits per heavy atom. The molecule has 30 heavy (non-hydrogen) atoms. The van der Waals surface area contributed by atoms with E-state index in [0.717, 1.165) is 53.3 Å². The maximum Gasteiger partial charge on any atom is 0.241 e. The van der Waals surface area contributed by atoms with Gasteiger partial charge in [0.1, 0.15) is 11.6 Å². The van der Waals surface area contributed by atoms with Gasteiger partial charge in [0.15, 0.2) is 0 Å². The molecular formula is C23H24N6O. The number of imidazole rings is 2. The molecule has 2 aromatic carbocycles. The maximum absolute atomic E-state index is 12.9. The first-order chi connectivity index (χ1) is 14.7. The Hall–Kier alpha value is -3.45. The van der Waals surface area contributed by atoms with Crippen LogP contribution in [0.15, 0.2) is 60.9 Å². The lowest BCUT2D eigenvalue weighted by molar-refractivity contribution is -0.120. The third-order valence-corrected chi connectivity index (χ3v) is 5.75. The van der Waals surface area contributed by atoms with Crippen LogP contribution < -0.4 is 5.32 Å². The molecule has 152 valence electrons. The number of hydrogen-bond donors (Lipinski definition) is 2. The van der Waals surface area contributed by atoms with Crippen molar-refractivity contribution in [2.75, 3.05) is 11.9 Å². The van der Waals surface area contributed by atoms with Crippen LogP contribution in [-0.4, -0.2) is 42.9 Å². The number of carbonyl (C=O) groups is 1. The number of amides is 1. The van der Waals surface area contributed by atoms with E-state index in [1.165, 1.54) is 0 Å². The highest BCUT2D eigenvalue weighted by molar-refractivity contribution is 5.95. The van der Waals surface area contributed by atoms with Crippen LogP contribution in [0.1, 0.15) is 18.7 Å². The van der Waals surface area contributed by atoms with E-state index in [-0.39, 0.29) is 11.9 Å². The van der Waals surface area contributed by atoms with Crippen molar-refractivity contribution >= 4 is 22.6 Å². The number of benzene rings is 2. The molecule has 4 aromatic rings. The molecule has 1 saturated heterocycles. The molecule has 1 amide bonds. The zero-order valence-electron chi connectivity index (χ0n) is 16.9. The quantitative estimate of drug-likeness (QED) is 0.537. The summed E-state index contributed by atoms with van der Waals surface area (Å²) in [7, 11) is 1.98. The molecule has 1 aliphatic rings. The van der Waals surface area contributed by atoms with Crippen molar-refractivity contribution in [3.63, 3.8) is 0 Å². The molecule has 7 heteroatoms. The van der Waals surface area contributed by atoms with E-state index in [0.29, 0.717) is 6.54 Å². The predicted octanol–water partition coefficient (Wildman–Crippen LogP) is 3.57. The van der Waals surface area contributed by atoms with E-state index in [9.17, 15) is 4.79 Å². The highest BCUT2D eigenvalue weighted by Gasteiger charge is 2.31. The molecule has 0 unspecified atom stereocenters. The van der Waals surface area contributed by atoms with Gasteiger partial charge in [-0.25, -0.2) is 9.97 Å². The predicted molar refractivity (Wildman–Crippen MR) is 117 cm³/mol. The molecule has 1 aliphatic heterocycles. The van der Waals surface area contributed by atoms with E-state index in [4.69, 9.17) is 0 Å². The summed E-state index contributed by atoms with van der Waals surface area (Å²) in [4.78, 5) is 27.5. The Morgan fingerprint density at radius 2 is 2.03 bits per heavy atom. The van der Waals surface area contributed by atoms with Crippen LogP contribution in [0.2, 0.25) is 0 Å². The molecule has 1 atom stereocenters. The summed E-state index contributed by atoms with van der Waals surface area (Å²) < 4.78 is 2.00. The number of carbonyl (C=O) groups excluding carboxylic acids is 1. The summed E-state index contributed by atoms with van der Waals surface area (Å²) >= 11 is 0. The fourth-order valence-corrected chi connectivity index (χ4v) is 4.07. The van der Waals surface area contributed by atoms with Crippen molar-refractivity contribution < 1.29 is 4.79 Å². The van der Waals surface area contributed by atoms with Gasteiger partial charge in [-0.3, -0.25) is 9.69 Å². The number of aryl methyl sites for hydroxylation is 1. The van der Waals surface area contributed by atoms with Gasteiger partial charge < -0.3 is 14.9 Å². The minimum atomic E-state index is -0.128. The number of rotatable bonds is 5. The van der Waals surface area contributed by atoms with Gasteiger partial charge in [-0.2, -0.15) is 0 Å². The van der Waals surface area contributed by atoms with E-state index in [1.54, 1.807) is 6.20 Å². The van der Waals surface area contributed by atoms with Gasteiger partial charge in [0.2, 0.25) is 5.91 Å². The number of para-hydroxylation sites is 2. The number of fused-ring (bicyclic) bond motifs is 1. The van der Waals surface area contributed by atoms with Gasteiger partial charge in [0, 0.05) is 30.7 Å². The summed E-state index contributed by atoms with van der Waals surface area (Å²) in [5, 5.41) is 3.07. The number of anilines is 1. The molecule has 5 rings (SSSR count). The number of nitrogens with zero attached hydrogens (tertiary/aromatic N) is 4. The smallest absolute Gasteiger partial charge is 0.241 e. The second-order valence-corrected chi connectivity index (χ2v) is 7.75. The number of aromatic amines is 1. The fourth-order valence-electron chi connectivity index (χ4n) is 4.07. The standard InChI is InChI=1S/C23H24N6O/c1-28-14-12-24-21(28)15-29-13-4-7-20(29)23(30)25-17-10-8-16(9-11-17)22-26-18-5-2-3-6-19(18)27-22/h2-3,5-6,8-12,14,20H,4,7,13,15H2,1H3,(H,25,30)(H,26,27)/t20-/m0/s1. The van der Waals surface area contributed by atoms with E-state index in [2.05, 4.69) is 25.2 Å². The third-order valence-electron chi connectivity index (χ3n) is 5.75. The average Bonchev–Trinajstić information content (AvgIpc) is 3.49. The lowest BCUT2D eigenvalue weighted by Crippen LogP contribution is -2.39. The summed E-state index contributed by atoms with van der Waals surface area (Å²) in [6, 6.07) is 15.7. The van der Waals surface area contributed by atoms with Crippen LogP contribution >= 0.6 is 0 Å². The molecule has 0 bridgehead atoms. The SMILES string of the molecule is Cn1ccnc1CN1CCC[C@H]1C(=O)Nc1ccc(-c2nc3ccccc3[nH]2)cc1. The number of aromatic nitrogens is 4. The lowest BCUT2D eigenvalue weighted by Gasteiger charge is -2.23. The first-order valence-corrected chi connectivity index (χ1v) is 10.2. The van der Waals surface area contributed by atoms with Gasteiger partial charge in [-0.15, -0.1) is 0 Å². The molecule has 0 aliphatic carbocycles. The van der Waals surface area contributed by atoms with Gasteiger partial charge in [0.05, 0.1) is 23.6 Å². The van der Waals surface area contributed by atoms with Crippen molar-refractivity contribution in [3.05, 3.63) is 66.7 Å². The second-order valence-electron chi connectivity index (χ2n) is 7.75. The minimum absolute atomic E-state index is 0.0400. The van der Waals surface area contributed by atoms with Crippen LogP contribution in [0.25, 0.3) is 22.4 Å². The lowest BCUT2D eigenvalue weighted by atomic mass is 10.1. The van der Waals surface area contributed by atoms with Crippen molar-refractivity contribution in [1.82, 2.24) is 24.4 Å². The summed E-state index contributed by atoms with van der Waals surface area (Å²) in [6.45, 7) is 1.60. The van der Waals surface area contributed by atoms with Crippen molar-refractivity contribution in [3.8, 4) is 11.4 Å². The van der Waals surface area contributed by atoms with Gasteiger partial charge in [-0.05, 0) is 55.8 Å². The Bertz CT molecular complexity index is 1140.